The second-order valence-electron chi connectivity index (χ2n) is 9.25. The van der Waals surface area contributed by atoms with Crippen molar-refractivity contribution in [3.05, 3.63) is 77.6 Å². The Balaban J connectivity index is 1.75. The van der Waals surface area contributed by atoms with Crippen LogP contribution in [0.3, 0.4) is 0 Å². The maximum atomic E-state index is 13.8. The first-order chi connectivity index (χ1) is 19.0. The molecule has 4 rings (SSSR count). The van der Waals surface area contributed by atoms with Gasteiger partial charge in [0, 0.05) is 12.1 Å². The number of fused-ring (bicyclic) bond motifs is 1. The number of para-hydroxylation sites is 2. The molecule has 0 bridgehead atoms. The zero-order valence-corrected chi connectivity index (χ0v) is 23.4. The Labute approximate surface area is 230 Å². The number of methoxy groups -OCH3 is 4. The van der Waals surface area contributed by atoms with Crippen molar-refractivity contribution >= 4 is 16.9 Å². The number of hydrogen-bond donors (Lipinski definition) is 0. The molecule has 3 aromatic carbocycles. The SMILES string of the molecule is CCCCCN(Cc1nc2ccccc2n1Cc1c(OC)cccc1OC)C(=O)c1ccc(OC)c(OC)c1. The lowest BCUT2D eigenvalue weighted by atomic mass is 10.1. The number of amides is 1. The Bertz CT molecular complexity index is 1390. The van der Waals surface area contributed by atoms with Gasteiger partial charge in [0.1, 0.15) is 17.3 Å². The highest BCUT2D eigenvalue weighted by Crippen LogP contribution is 2.32. The minimum absolute atomic E-state index is 0.0828. The number of aromatic nitrogens is 2. The van der Waals surface area contributed by atoms with Gasteiger partial charge in [-0.3, -0.25) is 4.79 Å². The molecule has 0 unspecified atom stereocenters. The number of benzene rings is 3. The maximum absolute atomic E-state index is 13.8. The van der Waals surface area contributed by atoms with Crippen LogP contribution in [0.25, 0.3) is 11.0 Å². The molecule has 4 aromatic rings. The van der Waals surface area contributed by atoms with Gasteiger partial charge in [-0.25, -0.2) is 4.98 Å². The third kappa shape index (κ3) is 6.11. The fraction of sp³-hybridized carbons (Fsp3) is 0.355. The van der Waals surface area contributed by atoms with Crippen molar-refractivity contribution in [2.45, 2.75) is 39.3 Å². The zero-order chi connectivity index (χ0) is 27.8. The van der Waals surface area contributed by atoms with E-state index >= 15 is 0 Å². The summed E-state index contributed by atoms with van der Waals surface area (Å²) in [6.45, 7) is 3.60. The van der Waals surface area contributed by atoms with Crippen LogP contribution >= 0.6 is 0 Å². The van der Waals surface area contributed by atoms with Crippen molar-refractivity contribution in [1.82, 2.24) is 14.5 Å². The number of ether oxygens (including phenoxy) is 4. The number of hydrogen-bond acceptors (Lipinski definition) is 6. The van der Waals surface area contributed by atoms with E-state index in [0.29, 0.717) is 36.7 Å². The predicted molar refractivity (Wildman–Crippen MR) is 152 cm³/mol. The van der Waals surface area contributed by atoms with Crippen LogP contribution in [-0.2, 0) is 13.1 Å². The van der Waals surface area contributed by atoms with Crippen molar-refractivity contribution in [2.24, 2.45) is 0 Å². The summed E-state index contributed by atoms with van der Waals surface area (Å²) in [7, 11) is 6.46. The molecule has 0 radical (unpaired) electrons. The van der Waals surface area contributed by atoms with Gasteiger partial charge in [-0.05, 0) is 48.9 Å². The third-order valence-corrected chi connectivity index (χ3v) is 6.86. The summed E-state index contributed by atoms with van der Waals surface area (Å²) in [6.07, 6.45) is 2.99. The molecule has 8 nitrogen and oxygen atoms in total. The Morgan fingerprint density at radius 2 is 1.51 bits per heavy atom. The smallest absolute Gasteiger partial charge is 0.254 e. The minimum Gasteiger partial charge on any atom is -0.496 e. The molecule has 0 aliphatic carbocycles. The molecule has 1 heterocycles. The van der Waals surface area contributed by atoms with Crippen LogP contribution in [0.15, 0.2) is 60.7 Å². The largest absolute Gasteiger partial charge is 0.496 e. The lowest BCUT2D eigenvalue weighted by molar-refractivity contribution is 0.0733. The first-order valence-electron chi connectivity index (χ1n) is 13.2. The molecule has 206 valence electrons. The topological polar surface area (TPSA) is 75.1 Å². The molecule has 0 atom stereocenters. The van der Waals surface area contributed by atoms with Crippen LogP contribution in [-0.4, -0.2) is 55.3 Å². The van der Waals surface area contributed by atoms with E-state index in [1.165, 1.54) is 0 Å². The van der Waals surface area contributed by atoms with E-state index in [4.69, 9.17) is 23.9 Å². The van der Waals surface area contributed by atoms with E-state index in [9.17, 15) is 4.79 Å². The highest BCUT2D eigenvalue weighted by molar-refractivity contribution is 5.95. The predicted octanol–water partition coefficient (Wildman–Crippen LogP) is 5.95. The van der Waals surface area contributed by atoms with Crippen molar-refractivity contribution in [2.75, 3.05) is 35.0 Å². The molecule has 0 N–H and O–H groups in total. The highest BCUT2D eigenvalue weighted by atomic mass is 16.5. The molecule has 0 fully saturated rings. The Hall–Kier alpha value is -4.20. The van der Waals surface area contributed by atoms with Crippen LogP contribution < -0.4 is 18.9 Å². The average molecular weight is 532 g/mol. The van der Waals surface area contributed by atoms with Crippen LogP contribution in [0.1, 0.15) is 47.9 Å². The Kier molecular flexibility index (Phi) is 9.31. The third-order valence-electron chi connectivity index (χ3n) is 6.86. The molecule has 0 aliphatic heterocycles. The zero-order valence-electron chi connectivity index (χ0n) is 23.4. The average Bonchev–Trinajstić information content (AvgIpc) is 3.32. The second kappa shape index (κ2) is 13.0. The second-order valence-corrected chi connectivity index (χ2v) is 9.25. The van der Waals surface area contributed by atoms with Crippen LogP contribution in [0.4, 0.5) is 0 Å². The van der Waals surface area contributed by atoms with Gasteiger partial charge in [-0.15, -0.1) is 0 Å². The fourth-order valence-corrected chi connectivity index (χ4v) is 4.79. The quantitative estimate of drug-likeness (QED) is 0.199. The van der Waals surface area contributed by atoms with E-state index in [0.717, 1.165) is 53.2 Å². The number of carbonyl (C=O) groups is 1. The Morgan fingerprint density at radius 1 is 0.821 bits per heavy atom. The van der Waals surface area contributed by atoms with Gasteiger partial charge in [0.2, 0.25) is 0 Å². The molecular formula is C31H37N3O5. The van der Waals surface area contributed by atoms with Crippen LogP contribution in [0, 0.1) is 0 Å². The molecule has 0 saturated carbocycles. The summed E-state index contributed by atoms with van der Waals surface area (Å²) in [5.41, 5.74) is 3.30. The molecule has 0 saturated heterocycles. The summed E-state index contributed by atoms with van der Waals surface area (Å²) in [6, 6.07) is 19.0. The van der Waals surface area contributed by atoms with E-state index in [-0.39, 0.29) is 5.91 Å². The van der Waals surface area contributed by atoms with Gasteiger partial charge in [-0.1, -0.05) is 38.0 Å². The molecule has 0 spiro atoms. The van der Waals surface area contributed by atoms with Crippen LogP contribution in [0.2, 0.25) is 0 Å². The summed E-state index contributed by atoms with van der Waals surface area (Å²) in [4.78, 5) is 20.7. The van der Waals surface area contributed by atoms with E-state index in [1.807, 2.05) is 47.4 Å². The highest BCUT2D eigenvalue weighted by Gasteiger charge is 2.22. The van der Waals surface area contributed by atoms with Gasteiger partial charge in [0.15, 0.2) is 11.5 Å². The monoisotopic (exact) mass is 531 g/mol. The number of nitrogens with zero attached hydrogens (tertiary/aromatic N) is 3. The van der Waals surface area contributed by atoms with Crippen molar-refractivity contribution < 1.29 is 23.7 Å². The molecule has 1 aromatic heterocycles. The van der Waals surface area contributed by atoms with Crippen molar-refractivity contribution in [3.63, 3.8) is 0 Å². The van der Waals surface area contributed by atoms with Gasteiger partial charge in [-0.2, -0.15) is 0 Å². The number of rotatable bonds is 13. The van der Waals surface area contributed by atoms with Gasteiger partial charge in [0.25, 0.3) is 5.91 Å². The molecule has 0 aliphatic rings. The fourth-order valence-electron chi connectivity index (χ4n) is 4.79. The lowest BCUT2D eigenvalue weighted by Crippen LogP contribution is -2.33. The number of unbranched alkanes of at least 4 members (excludes halogenated alkanes) is 2. The Morgan fingerprint density at radius 3 is 2.18 bits per heavy atom. The summed E-state index contributed by atoms with van der Waals surface area (Å²) in [5.74, 6) is 3.28. The first kappa shape index (κ1) is 27.8. The van der Waals surface area contributed by atoms with Gasteiger partial charge in [0.05, 0.1) is 58.1 Å². The molecular weight excluding hydrogens is 494 g/mol. The minimum atomic E-state index is -0.0828. The molecule has 1 amide bonds. The van der Waals surface area contributed by atoms with E-state index in [2.05, 4.69) is 11.5 Å². The van der Waals surface area contributed by atoms with Gasteiger partial charge < -0.3 is 28.4 Å². The first-order valence-corrected chi connectivity index (χ1v) is 13.2. The molecule has 8 heteroatoms. The van der Waals surface area contributed by atoms with Gasteiger partial charge >= 0.3 is 0 Å². The van der Waals surface area contributed by atoms with E-state index < -0.39 is 0 Å². The standard InChI is InChI=1S/C31H37N3O5/c1-6-7-10-18-33(31(35)22-16-17-28(38-4)29(19-22)39-5)21-30-32-24-12-8-9-13-25(24)34(30)20-23-26(36-2)14-11-15-27(23)37-3/h8-9,11-17,19H,6-7,10,18,20-21H2,1-5H3. The summed E-state index contributed by atoms with van der Waals surface area (Å²) >= 11 is 0. The van der Waals surface area contributed by atoms with Crippen molar-refractivity contribution in [1.29, 1.82) is 0 Å². The number of imidazole rings is 1. The normalized spacial score (nSPS) is 10.9. The summed E-state index contributed by atoms with van der Waals surface area (Å²) < 4.78 is 24.3. The van der Waals surface area contributed by atoms with Crippen molar-refractivity contribution in [3.8, 4) is 23.0 Å². The van der Waals surface area contributed by atoms with E-state index in [1.54, 1.807) is 46.6 Å². The summed E-state index contributed by atoms with van der Waals surface area (Å²) in [5, 5.41) is 0. The number of carbonyl (C=O) groups excluding carboxylic acids is 1. The van der Waals surface area contributed by atoms with Crippen LogP contribution in [0.5, 0.6) is 23.0 Å². The maximum Gasteiger partial charge on any atom is 0.254 e. The molecule has 39 heavy (non-hydrogen) atoms. The lowest BCUT2D eigenvalue weighted by Gasteiger charge is -2.24.